The second kappa shape index (κ2) is 6.87. The molecule has 0 aliphatic carbocycles. The molecule has 3 heteroatoms. The first-order chi connectivity index (χ1) is 9.65. The van der Waals surface area contributed by atoms with Crippen LogP contribution in [0.2, 0.25) is 0 Å². The lowest BCUT2D eigenvalue weighted by Gasteiger charge is -2.12. The van der Waals surface area contributed by atoms with Crippen molar-refractivity contribution in [3.05, 3.63) is 71.3 Å². The summed E-state index contributed by atoms with van der Waals surface area (Å²) in [5, 5.41) is 2.87. The highest BCUT2D eigenvalue weighted by Gasteiger charge is 2.13. The van der Waals surface area contributed by atoms with Crippen molar-refractivity contribution in [2.24, 2.45) is 5.73 Å². The van der Waals surface area contributed by atoms with E-state index in [1.807, 2.05) is 61.5 Å². The minimum absolute atomic E-state index is 0.116. The second-order valence-electron chi connectivity index (χ2n) is 5.00. The van der Waals surface area contributed by atoms with Gasteiger partial charge in [0, 0.05) is 6.54 Å². The smallest absolute Gasteiger partial charge is 0.237 e. The van der Waals surface area contributed by atoms with E-state index < -0.39 is 6.04 Å². The van der Waals surface area contributed by atoms with Crippen molar-refractivity contribution in [3.8, 4) is 0 Å². The summed E-state index contributed by atoms with van der Waals surface area (Å²) in [6.07, 6.45) is 0.556. The zero-order valence-corrected chi connectivity index (χ0v) is 11.7. The topological polar surface area (TPSA) is 55.1 Å². The molecule has 3 N–H and O–H groups in total. The highest BCUT2D eigenvalue weighted by Crippen LogP contribution is 2.04. The molecular weight excluding hydrogens is 248 g/mol. The average molecular weight is 268 g/mol. The van der Waals surface area contributed by atoms with E-state index in [0.29, 0.717) is 13.0 Å². The van der Waals surface area contributed by atoms with Gasteiger partial charge in [-0.2, -0.15) is 0 Å². The van der Waals surface area contributed by atoms with Gasteiger partial charge in [-0.3, -0.25) is 4.79 Å². The SMILES string of the molecule is Cc1ccc(CNC(=O)[C@@H](N)Cc2ccccc2)cc1. The molecule has 0 aromatic heterocycles. The molecule has 0 radical (unpaired) electrons. The monoisotopic (exact) mass is 268 g/mol. The molecule has 1 amide bonds. The van der Waals surface area contributed by atoms with E-state index in [1.165, 1.54) is 5.56 Å². The van der Waals surface area contributed by atoms with E-state index in [-0.39, 0.29) is 5.91 Å². The predicted molar refractivity (Wildman–Crippen MR) is 81.1 cm³/mol. The Morgan fingerprint density at radius 1 is 1.05 bits per heavy atom. The number of hydrogen-bond donors (Lipinski definition) is 2. The highest BCUT2D eigenvalue weighted by molar-refractivity contribution is 5.81. The third-order valence-electron chi connectivity index (χ3n) is 3.22. The van der Waals surface area contributed by atoms with Crippen molar-refractivity contribution in [2.75, 3.05) is 0 Å². The summed E-state index contributed by atoms with van der Waals surface area (Å²) in [7, 11) is 0. The summed E-state index contributed by atoms with van der Waals surface area (Å²) in [5.74, 6) is -0.116. The Balaban J connectivity index is 1.83. The molecule has 2 aromatic rings. The van der Waals surface area contributed by atoms with Gasteiger partial charge in [0.2, 0.25) is 5.91 Å². The van der Waals surface area contributed by atoms with Crippen LogP contribution in [-0.2, 0) is 17.8 Å². The Labute approximate surface area is 119 Å². The minimum atomic E-state index is -0.511. The third kappa shape index (κ3) is 4.21. The molecular formula is C17H20N2O. The van der Waals surface area contributed by atoms with Crippen molar-refractivity contribution in [2.45, 2.75) is 25.9 Å². The Hall–Kier alpha value is -2.13. The third-order valence-corrected chi connectivity index (χ3v) is 3.22. The Morgan fingerprint density at radius 3 is 2.35 bits per heavy atom. The van der Waals surface area contributed by atoms with Crippen molar-refractivity contribution < 1.29 is 4.79 Å². The zero-order valence-electron chi connectivity index (χ0n) is 11.7. The Bertz CT molecular complexity index is 549. The molecule has 1 atom stereocenters. The second-order valence-corrected chi connectivity index (χ2v) is 5.00. The van der Waals surface area contributed by atoms with Crippen LogP contribution in [0.15, 0.2) is 54.6 Å². The number of amides is 1. The number of hydrogen-bond acceptors (Lipinski definition) is 2. The van der Waals surface area contributed by atoms with E-state index >= 15 is 0 Å². The number of benzene rings is 2. The van der Waals surface area contributed by atoms with Gasteiger partial charge in [0.25, 0.3) is 0 Å². The molecule has 0 fully saturated rings. The van der Waals surface area contributed by atoms with Gasteiger partial charge in [-0.1, -0.05) is 60.2 Å². The molecule has 0 saturated heterocycles. The molecule has 2 aromatic carbocycles. The van der Waals surface area contributed by atoms with Crippen molar-refractivity contribution in [1.29, 1.82) is 0 Å². The summed E-state index contributed by atoms with van der Waals surface area (Å²) in [4.78, 5) is 12.0. The largest absolute Gasteiger partial charge is 0.351 e. The van der Waals surface area contributed by atoms with Crippen LogP contribution in [-0.4, -0.2) is 11.9 Å². The molecule has 0 saturated carbocycles. The first-order valence-electron chi connectivity index (χ1n) is 6.78. The molecule has 0 bridgehead atoms. The van der Waals surface area contributed by atoms with E-state index in [4.69, 9.17) is 5.73 Å². The van der Waals surface area contributed by atoms with Gasteiger partial charge in [-0.05, 0) is 24.5 Å². The molecule has 0 aliphatic rings. The van der Waals surface area contributed by atoms with E-state index in [0.717, 1.165) is 11.1 Å². The van der Waals surface area contributed by atoms with Gasteiger partial charge >= 0.3 is 0 Å². The van der Waals surface area contributed by atoms with Crippen LogP contribution in [0.4, 0.5) is 0 Å². The fraction of sp³-hybridized carbons (Fsp3) is 0.235. The molecule has 2 rings (SSSR count). The van der Waals surface area contributed by atoms with Crippen LogP contribution in [0.25, 0.3) is 0 Å². The maximum Gasteiger partial charge on any atom is 0.237 e. The van der Waals surface area contributed by atoms with Crippen LogP contribution in [0.5, 0.6) is 0 Å². The summed E-state index contributed by atoms with van der Waals surface area (Å²) >= 11 is 0. The van der Waals surface area contributed by atoms with Gasteiger partial charge in [-0.25, -0.2) is 0 Å². The molecule has 0 heterocycles. The Morgan fingerprint density at radius 2 is 1.70 bits per heavy atom. The molecule has 0 spiro atoms. The fourth-order valence-corrected chi connectivity index (χ4v) is 1.99. The molecule has 3 nitrogen and oxygen atoms in total. The normalized spacial score (nSPS) is 11.9. The van der Waals surface area contributed by atoms with E-state index in [2.05, 4.69) is 5.32 Å². The summed E-state index contributed by atoms with van der Waals surface area (Å²) in [6.45, 7) is 2.56. The molecule has 20 heavy (non-hydrogen) atoms. The van der Waals surface area contributed by atoms with Crippen LogP contribution in [0.1, 0.15) is 16.7 Å². The van der Waals surface area contributed by atoms with Gasteiger partial charge in [0.05, 0.1) is 6.04 Å². The Kier molecular flexibility index (Phi) is 4.91. The number of carbonyl (C=O) groups excluding carboxylic acids is 1. The van der Waals surface area contributed by atoms with Crippen molar-refractivity contribution in [1.82, 2.24) is 5.32 Å². The minimum Gasteiger partial charge on any atom is -0.351 e. The predicted octanol–water partition coefficient (Wildman–Crippen LogP) is 2.18. The highest BCUT2D eigenvalue weighted by atomic mass is 16.2. The summed E-state index contributed by atoms with van der Waals surface area (Å²) < 4.78 is 0. The number of rotatable bonds is 5. The van der Waals surface area contributed by atoms with Crippen LogP contribution >= 0.6 is 0 Å². The lowest BCUT2D eigenvalue weighted by atomic mass is 10.1. The number of nitrogens with two attached hydrogens (primary N) is 1. The fourth-order valence-electron chi connectivity index (χ4n) is 1.99. The summed E-state index contributed by atoms with van der Waals surface area (Å²) in [6, 6.07) is 17.4. The average Bonchev–Trinajstić information content (AvgIpc) is 2.47. The maximum atomic E-state index is 12.0. The zero-order chi connectivity index (χ0) is 14.4. The van der Waals surface area contributed by atoms with Crippen LogP contribution < -0.4 is 11.1 Å². The quantitative estimate of drug-likeness (QED) is 0.873. The van der Waals surface area contributed by atoms with Gasteiger partial charge in [-0.15, -0.1) is 0 Å². The van der Waals surface area contributed by atoms with Crippen molar-refractivity contribution in [3.63, 3.8) is 0 Å². The molecule has 0 aliphatic heterocycles. The van der Waals surface area contributed by atoms with Crippen LogP contribution in [0.3, 0.4) is 0 Å². The number of carbonyl (C=O) groups is 1. The maximum absolute atomic E-state index is 12.0. The number of aryl methyl sites for hydroxylation is 1. The lowest BCUT2D eigenvalue weighted by Crippen LogP contribution is -2.41. The lowest BCUT2D eigenvalue weighted by molar-refractivity contribution is -0.122. The first-order valence-corrected chi connectivity index (χ1v) is 6.78. The van der Waals surface area contributed by atoms with E-state index in [9.17, 15) is 4.79 Å². The summed E-state index contributed by atoms with van der Waals surface area (Å²) in [5.41, 5.74) is 9.29. The van der Waals surface area contributed by atoms with Gasteiger partial charge < -0.3 is 11.1 Å². The van der Waals surface area contributed by atoms with Gasteiger partial charge in [0.15, 0.2) is 0 Å². The molecule has 0 unspecified atom stereocenters. The van der Waals surface area contributed by atoms with Crippen molar-refractivity contribution >= 4 is 5.91 Å². The first kappa shape index (κ1) is 14.3. The van der Waals surface area contributed by atoms with E-state index in [1.54, 1.807) is 0 Å². The van der Waals surface area contributed by atoms with Crippen LogP contribution in [0, 0.1) is 6.92 Å². The number of nitrogens with one attached hydrogen (secondary N) is 1. The van der Waals surface area contributed by atoms with Gasteiger partial charge in [0.1, 0.15) is 0 Å². The molecule has 104 valence electrons. The standard InChI is InChI=1S/C17H20N2O/c1-13-7-9-15(10-8-13)12-19-17(20)16(18)11-14-5-3-2-4-6-14/h2-10,16H,11-12,18H2,1H3,(H,19,20)/t16-/m0/s1.